The van der Waals surface area contributed by atoms with Crippen LogP contribution in [0.15, 0.2) is 17.6 Å². The summed E-state index contributed by atoms with van der Waals surface area (Å²) in [5, 5.41) is 17.3. The van der Waals surface area contributed by atoms with Crippen LogP contribution in [0.5, 0.6) is 0 Å². The minimum absolute atomic E-state index is 0.942. The lowest BCUT2D eigenvalue weighted by atomic mass is 10.3. The third-order valence-electron chi connectivity index (χ3n) is 3.01. The van der Waals surface area contributed by atoms with Crippen LogP contribution in [0.3, 0.4) is 0 Å². The van der Waals surface area contributed by atoms with Crippen LogP contribution in [-0.2, 0) is 0 Å². The molecule has 0 unspecified atom stereocenters. The summed E-state index contributed by atoms with van der Waals surface area (Å²) in [5.74, 6) is 0.956. The van der Waals surface area contributed by atoms with Crippen molar-refractivity contribution in [3.63, 3.8) is 0 Å². The second kappa shape index (κ2) is 4.85. The SMILES string of the molecule is Cc1ccc(N2CCN(c3nncs3)CC2)nn1. The van der Waals surface area contributed by atoms with Gasteiger partial charge >= 0.3 is 0 Å². The first-order chi connectivity index (χ1) is 8.83. The largest absolute Gasteiger partial charge is 0.352 e. The van der Waals surface area contributed by atoms with E-state index in [1.54, 1.807) is 16.8 Å². The molecule has 0 bridgehead atoms. The molecule has 7 heteroatoms. The van der Waals surface area contributed by atoms with Gasteiger partial charge in [-0.3, -0.25) is 0 Å². The first-order valence-electron chi connectivity index (χ1n) is 5.89. The molecule has 1 saturated heterocycles. The highest BCUT2D eigenvalue weighted by Gasteiger charge is 2.19. The smallest absolute Gasteiger partial charge is 0.208 e. The van der Waals surface area contributed by atoms with Gasteiger partial charge in [-0.1, -0.05) is 11.3 Å². The third-order valence-corrected chi connectivity index (χ3v) is 3.76. The summed E-state index contributed by atoms with van der Waals surface area (Å²) < 4.78 is 0. The van der Waals surface area contributed by atoms with Crippen molar-refractivity contribution < 1.29 is 0 Å². The Hall–Kier alpha value is -1.76. The lowest BCUT2D eigenvalue weighted by Crippen LogP contribution is -2.46. The Morgan fingerprint density at radius 2 is 1.78 bits per heavy atom. The van der Waals surface area contributed by atoms with E-state index in [4.69, 9.17) is 0 Å². The van der Waals surface area contributed by atoms with Crippen molar-refractivity contribution in [2.75, 3.05) is 36.0 Å². The fourth-order valence-electron chi connectivity index (χ4n) is 1.99. The third kappa shape index (κ3) is 2.26. The number of piperazine rings is 1. The van der Waals surface area contributed by atoms with Gasteiger partial charge in [-0.15, -0.1) is 15.3 Å². The van der Waals surface area contributed by atoms with E-state index in [9.17, 15) is 0 Å². The van der Waals surface area contributed by atoms with Crippen LogP contribution >= 0.6 is 11.3 Å². The molecule has 0 atom stereocenters. The van der Waals surface area contributed by atoms with Gasteiger partial charge in [0.1, 0.15) is 5.51 Å². The lowest BCUT2D eigenvalue weighted by molar-refractivity contribution is 0.639. The van der Waals surface area contributed by atoms with Gasteiger partial charge in [0.25, 0.3) is 0 Å². The summed E-state index contributed by atoms with van der Waals surface area (Å²) >= 11 is 1.59. The Morgan fingerprint density at radius 3 is 2.39 bits per heavy atom. The Balaban J connectivity index is 1.65. The number of aryl methyl sites for hydroxylation is 1. The van der Waals surface area contributed by atoms with Gasteiger partial charge < -0.3 is 9.80 Å². The van der Waals surface area contributed by atoms with E-state index in [-0.39, 0.29) is 0 Å². The number of anilines is 2. The zero-order valence-electron chi connectivity index (χ0n) is 10.2. The van der Waals surface area contributed by atoms with Crippen molar-refractivity contribution >= 4 is 22.3 Å². The number of rotatable bonds is 2. The first-order valence-corrected chi connectivity index (χ1v) is 6.77. The minimum Gasteiger partial charge on any atom is -0.352 e. The average Bonchev–Trinajstić information content (AvgIpc) is 2.94. The number of aromatic nitrogens is 4. The molecule has 0 radical (unpaired) electrons. The normalized spacial score (nSPS) is 16.1. The molecule has 2 aromatic rings. The monoisotopic (exact) mass is 262 g/mol. The zero-order valence-corrected chi connectivity index (χ0v) is 11.0. The summed E-state index contributed by atoms with van der Waals surface area (Å²) in [4.78, 5) is 4.51. The van der Waals surface area contributed by atoms with Crippen molar-refractivity contribution in [2.45, 2.75) is 6.92 Å². The molecule has 3 heterocycles. The summed E-state index contributed by atoms with van der Waals surface area (Å²) in [7, 11) is 0. The molecule has 0 N–H and O–H groups in total. The standard InChI is InChI=1S/C11H14N6S/c1-9-2-3-10(14-13-9)16-4-6-17(7-5-16)11-15-12-8-18-11/h2-3,8H,4-7H2,1H3. The summed E-state index contributed by atoms with van der Waals surface area (Å²) in [6.07, 6.45) is 0. The molecule has 1 aliphatic rings. The van der Waals surface area contributed by atoms with Crippen molar-refractivity contribution in [3.8, 4) is 0 Å². The molecule has 0 saturated carbocycles. The maximum absolute atomic E-state index is 4.22. The zero-order chi connectivity index (χ0) is 12.4. The molecule has 0 aromatic carbocycles. The van der Waals surface area contributed by atoms with Crippen LogP contribution in [0.2, 0.25) is 0 Å². The van der Waals surface area contributed by atoms with Crippen molar-refractivity contribution in [3.05, 3.63) is 23.3 Å². The highest BCUT2D eigenvalue weighted by atomic mass is 32.1. The number of hydrogen-bond donors (Lipinski definition) is 0. The molecule has 2 aromatic heterocycles. The Morgan fingerprint density at radius 1 is 1.00 bits per heavy atom. The molecular formula is C11H14N6S. The van der Waals surface area contributed by atoms with Gasteiger partial charge in [-0.05, 0) is 19.1 Å². The molecule has 6 nitrogen and oxygen atoms in total. The summed E-state index contributed by atoms with van der Waals surface area (Å²) in [5.41, 5.74) is 2.72. The van der Waals surface area contributed by atoms with Gasteiger partial charge in [-0.2, -0.15) is 5.10 Å². The highest BCUT2D eigenvalue weighted by molar-refractivity contribution is 7.13. The Kier molecular flexibility index (Phi) is 3.06. The molecule has 1 fully saturated rings. The van der Waals surface area contributed by atoms with E-state index in [0.29, 0.717) is 0 Å². The molecular weight excluding hydrogens is 248 g/mol. The molecule has 94 valence electrons. The number of hydrogen-bond acceptors (Lipinski definition) is 7. The van der Waals surface area contributed by atoms with E-state index in [1.165, 1.54) is 0 Å². The van der Waals surface area contributed by atoms with Crippen LogP contribution in [-0.4, -0.2) is 46.6 Å². The van der Waals surface area contributed by atoms with Crippen LogP contribution in [0.4, 0.5) is 10.9 Å². The lowest BCUT2D eigenvalue weighted by Gasteiger charge is -2.34. The van der Waals surface area contributed by atoms with Crippen LogP contribution in [0, 0.1) is 6.92 Å². The van der Waals surface area contributed by atoms with Crippen LogP contribution < -0.4 is 9.80 Å². The van der Waals surface area contributed by atoms with Gasteiger partial charge in [0, 0.05) is 26.2 Å². The second-order valence-electron chi connectivity index (χ2n) is 4.23. The van der Waals surface area contributed by atoms with Crippen LogP contribution in [0.1, 0.15) is 5.69 Å². The number of nitrogens with zero attached hydrogens (tertiary/aromatic N) is 6. The fourth-order valence-corrected chi connectivity index (χ4v) is 2.61. The Labute approximate surface area is 109 Å². The highest BCUT2D eigenvalue weighted by Crippen LogP contribution is 2.19. The van der Waals surface area contributed by atoms with E-state index in [0.717, 1.165) is 42.8 Å². The van der Waals surface area contributed by atoms with Crippen molar-refractivity contribution in [2.24, 2.45) is 0 Å². The summed E-state index contributed by atoms with van der Waals surface area (Å²) in [6.45, 7) is 5.73. The molecule has 3 rings (SSSR count). The maximum atomic E-state index is 4.22. The molecule has 0 spiro atoms. The molecule has 18 heavy (non-hydrogen) atoms. The predicted octanol–water partition coefficient (Wildman–Crippen LogP) is 0.963. The van der Waals surface area contributed by atoms with E-state index in [2.05, 4.69) is 30.2 Å². The van der Waals surface area contributed by atoms with Crippen molar-refractivity contribution in [1.29, 1.82) is 0 Å². The quantitative estimate of drug-likeness (QED) is 0.803. The van der Waals surface area contributed by atoms with E-state index in [1.807, 2.05) is 19.1 Å². The van der Waals surface area contributed by atoms with E-state index < -0.39 is 0 Å². The molecule has 0 amide bonds. The maximum Gasteiger partial charge on any atom is 0.208 e. The Bertz CT molecular complexity index is 489. The van der Waals surface area contributed by atoms with Crippen molar-refractivity contribution in [1.82, 2.24) is 20.4 Å². The second-order valence-corrected chi connectivity index (χ2v) is 5.04. The predicted molar refractivity (Wildman–Crippen MR) is 71.1 cm³/mol. The van der Waals surface area contributed by atoms with Gasteiger partial charge in [0.15, 0.2) is 5.82 Å². The van der Waals surface area contributed by atoms with Crippen LogP contribution in [0.25, 0.3) is 0 Å². The minimum atomic E-state index is 0.942. The topological polar surface area (TPSA) is 58.0 Å². The average molecular weight is 262 g/mol. The van der Waals surface area contributed by atoms with Gasteiger partial charge in [-0.25, -0.2) is 0 Å². The summed E-state index contributed by atoms with van der Waals surface area (Å²) in [6, 6.07) is 4.03. The van der Waals surface area contributed by atoms with Gasteiger partial charge in [0.05, 0.1) is 5.69 Å². The molecule has 1 aliphatic heterocycles. The fraction of sp³-hybridized carbons (Fsp3) is 0.455. The van der Waals surface area contributed by atoms with Gasteiger partial charge in [0.2, 0.25) is 5.13 Å². The molecule has 0 aliphatic carbocycles. The van der Waals surface area contributed by atoms with E-state index >= 15 is 0 Å². The first kappa shape index (κ1) is 11.3.